The molecule has 1 aliphatic heterocycles. The second kappa shape index (κ2) is 6.14. The van der Waals surface area contributed by atoms with Crippen molar-refractivity contribution in [3.05, 3.63) is 35.4 Å². The Morgan fingerprint density at radius 2 is 2.00 bits per heavy atom. The number of aliphatic hydroxyl groups is 1. The maximum absolute atomic E-state index is 11.2. The van der Waals surface area contributed by atoms with Crippen LogP contribution in [0.5, 0.6) is 0 Å². The molecule has 2 atom stereocenters. The van der Waals surface area contributed by atoms with E-state index in [1.165, 1.54) is 0 Å². The van der Waals surface area contributed by atoms with Gasteiger partial charge in [-0.1, -0.05) is 24.3 Å². The van der Waals surface area contributed by atoms with Crippen molar-refractivity contribution in [1.82, 2.24) is 4.90 Å². The maximum atomic E-state index is 11.2. The Labute approximate surface area is 113 Å². The predicted molar refractivity (Wildman–Crippen MR) is 71.2 cm³/mol. The highest BCUT2D eigenvalue weighted by Crippen LogP contribution is 2.15. The normalized spacial score (nSPS) is 24.3. The number of hydrogen-bond acceptors (Lipinski definition) is 4. The van der Waals surface area contributed by atoms with Crippen LogP contribution in [0.4, 0.5) is 0 Å². The second-order valence-corrected chi connectivity index (χ2v) is 5.01. The van der Waals surface area contributed by atoms with E-state index in [0.29, 0.717) is 6.54 Å². The molecule has 2 rings (SSSR count). The summed E-state index contributed by atoms with van der Waals surface area (Å²) < 4.78 is 5.50. The number of carbonyl (C=O) groups excluding carboxylic acids is 1. The molecule has 1 saturated heterocycles. The van der Waals surface area contributed by atoms with E-state index in [0.717, 1.165) is 24.2 Å². The molecule has 1 amide bonds. The Balaban J connectivity index is 1.98. The number of aliphatic hydroxyl groups excluding tert-OH is 1. The molecule has 1 unspecified atom stereocenters. The van der Waals surface area contributed by atoms with Gasteiger partial charge in [-0.3, -0.25) is 9.69 Å². The first-order chi connectivity index (χ1) is 9.08. The topological polar surface area (TPSA) is 75.8 Å². The minimum atomic E-state index is -0.527. The lowest BCUT2D eigenvalue weighted by atomic mass is 10.1. The van der Waals surface area contributed by atoms with E-state index in [1.807, 2.05) is 31.2 Å². The summed E-state index contributed by atoms with van der Waals surface area (Å²) in [6.07, 6.45) is -0.525. The van der Waals surface area contributed by atoms with Gasteiger partial charge in [-0.05, 0) is 18.1 Å². The summed E-state index contributed by atoms with van der Waals surface area (Å²) in [7, 11) is 0. The summed E-state index contributed by atoms with van der Waals surface area (Å²) >= 11 is 0. The predicted octanol–water partition coefficient (Wildman–Crippen LogP) is 0.253. The number of rotatable bonds is 4. The third-order valence-corrected chi connectivity index (χ3v) is 3.26. The van der Waals surface area contributed by atoms with Gasteiger partial charge in [0.05, 0.1) is 12.7 Å². The monoisotopic (exact) mass is 264 g/mol. The lowest BCUT2D eigenvalue weighted by Crippen LogP contribution is -2.51. The Morgan fingerprint density at radius 3 is 2.58 bits per heavy atom. The van der Waals surface area contributed by atoms with Crippen LogP contribution in [0.1, 0.15) is 18.1 Å². The van der Waals surface area contributed by atoms with Crippen LogP contribution < -0.4 is 5.73 Å². The fourth-order valence-corrected chi connectivity index (χ4v) is 2.33. The van der Waals surface area contributed by atoms with Gasteiger partial charge in [0, 0.05) is 19.6 Å². The third kappa shape index (κ3) is 3.76. The van der Waals surface area contributed by atoms with Crippen LogP contribution in [-0.2, 0) is 22.7 Å². The van der Waals surface area contributed by atoms with Crippen molar-refractivity contribution in [2.24, 2.45) is 5.73 Å². The van der Waals surface area contributed by atoms with Crippen molar-refractivity contribution in [2.45, 2.75) is 32.3 Å². The number of hydrogen-bond donors (Lipinski definition) is 2. The molecule has 3 N–H and O–H groups in total. The van der Waals surface area contributed by atoms with E-state index in [9.17, 15) is 4.79 Å². The maximum Gasteiger partial charge on any atom is 0.247 e. The molecule has 0 saturated carbocycles. The van der Waals surface area contributed by atoms with E-state index in [1.54, 1.807) is 0 Å². The van der Waals surface area contributed by atoms with Gasteiger partial charge in [0.15, 0.2) is 0 Å². The van der Waals surface area contributed by atoms with Crippen molar-refractivity contribution in [3.63, 3.8) is 0 Å². The number of carbonyl (C=O) groups is 1. The first-order valence-corrected chi connectivity index (χ1v) is 6.44. The zero-order chi connectivity index (χ0) is 13.8. The number of morpholine rings is 1. The van der Waals surface area contributed by atoms with Crippen LogP contribution in [0.25, 0.3) is 0 Å². The molecule has 19 heavy (non-hydrogen) atoms. The van der Waals surface area contributed by atoms with Crippen molar-refractivity contribution >= 4 is 5.91 Å². The summed E-state index contributed by atoms with van der Waals surface area (Å²) in [5.74, 6) is -0.410. The summed E-state index contributed by atoms with van der Waals surface area (Å²) in [6.45, 7) is 4.06. The van der Waals surface area contributed by atoms with E-state index in [2.05, 4.69) is 4.90 Å². The van der Waals surface area contributed by atoms with Gasteiger partial charge < -0.3 is 15.6 Å². The van der Waals surface area contributed by atoms with Crippen molar-refractivity contribution in [2.75, 3.05) is 13.1 Å². The van der Waals surface area contributed by atoms with E-state index in [-0.39, 0.29) is 12.7 Å². The summed E-state index contributed by atoms with van der Waals surface area (Å²) in [6, 6.07) is 7.80. The molecule has 1 aliphatic rings. The van der Waals surface area contributed by atoms with Crippen LogP contribution in [0.3, 0.4) is 0 Å². The Hall–Kier alpha value is -1.43. The van der Waals surface area contributed by atoms with Crippen LogP contribution in [0.2, 0.25) is 0 Å². The molecule has 0 aromatic heterocycles. The highest BCUT2D eigenvalue weighted by molar-refractivity contribution is 5.79. The van der Waals surface area contributed by atoms with E-state index >= 15 is 0 Å². The number of amides is 1. The van der Waals surface area contributed by atoms with Gasteiger partial charge >= 0.3 is 0 Å². The average molecular weight is 264 g/mol. The molecule has 0 radical (unpaired) electrons. The number of nitrogens with two attached hydrogens (primary N) is 1. The van der Waals surface area contributed by atoms with Crippen molar-refractivity contribution < 1.29 is 14.6 Å². The van der Waals surface area contributed by atoms with Crippen LogP contribution in [0.15, 0.2) is 24.3 Å². The van der Waals surface area contributed by atoms with Crippen LogP contribution in [0, 0.1) is 0 Å². The van der Waals surface area contributed by atoms with Crippen molar-refractivity contribution in [3.8, 4) is 0 Å². The molecule has 1 heterocycles. The smallest absolute Gasteiger partial charge is 0.247 e. The lowest BCUT2D eigenvalue weighted by molar-refractivity contribution is -0.142. The zero-order valence-corrected chi connectivity index (χ0v) is 11.1. The fourth-order valence-electron chi connectivity index (χ4n) is 2.33. The molecule has 0 spiro atoms. The lowest BCUT2D eigenvalue weighted by Gasteiger charge is -2.35. The van der Waals surface area contributed by atoms with Gasteiger partial charge in [0.1, 0.15) is 6.10 Å². The van der Waals surface area contributed by atoms with Gasteiger partial charge in [0.25, 0.3) is 0 Å². The number of benzene rings is 1. The van der Waals surface area contributed by atoms with Gasteiger partial charge in [-0.25, -0.2) is 0 Å². The number of nitrogens with zero attached hydrogens (tertiary/aromatic N) is 1. The molecule has 1 aromatic rings. The zero-order valence-electron chi connectivity index (χ0n) is 11.1. The second-order valence-electron chi connectivity index (χ2n) is 5.01. The summed E-state index contributed by atoms with van der Waals surface area (Å²) in [5, 5.41) is 9.00. The average Bonchev–Trinajstić information content (AvgIpc) is 2.39. The minimum absolute atomic E-state index is 0.00275. The van der Waals surface area contributed by atoms with Gasteiger partial charge in [-0.2, -0.15) is 0 Å². The molecule has 5 nitrogen and oxygen atoms in total. The van der Waals surface area contributed by atoms with Crippen LogP contribution in [-0.4, -0.2) is 41.2 Å². The molecule has 5 heteroatoms. The quantitative estimate of drug-likeness (QED) is 0.817. The summed E-state index contributed by atoms with van der Waals surface area (Å²) in [4.78, 5) is 13.4. The first-order valence-electron chi connectivity index (χ1n) is 6.44. The van der Waals surface area contributed by atoms with Crippen molar-refractivity contribution in [1.29, 1.82) is 0 Å². The first kappa shape index (κ1) is 14.0. The van der Waals surface area contributed by atoms with E-state index < -0.39 is 12.0 Å². The Kier molecular flexibility index (Phi) is 4.52. The molecule has 0 bridgehead atoms. The highest BCUT2D eigenvalue weighted by atomic mass is 16.5. The molecule has 104 valence electrons. The molecule has 1 aromatic carbocycles. The molecule has 0 aliphatic carbocycles. The third-order valence-electron chi connectivity index (χ3n) is 3.26. The molecule has 1 fully saturated rings. The van der Waals surface area contributed by atoms with Gasteiger partial charge in [-0.15, -0.1) is 0 Å². The Bertz CT molecular complexity index is 433. The highest BCUT2D eigenvalue weighted by Gasteiger charge is 2.28. The molecular weight excluding hydrogens is 244 g/mol. The van der Waals surface area contributed by atoms with Crippen LogP contribution >= 0.6 is 0 Å². The van der Waals surface area contributed by atoms with E-state index in [4.69, 9.17) is 15.6 Å². The SMILES string of the molecule is C[C@@H]1CN(Cc2ccc(CO)cc2)CC(C(N)=O)O1. The molecular formula is C14H20N2O3. The largest absolute Gasteiger partial charge is 0.392 e. The minimum Gasteiger partial charge on any atom is -0.392 e. The summed E-state index contributed by atoms with van der Waals surface area (Å²) in [5.41, 5.74) is 7.35. The number of ether oxygens (including phenoxy) is 1. The Morgan fingerprint density at radius 1 is 1.37 bits per heavy atom. The number of primary amides is 1. The standard InChI is InChI=1S/C14H20N2O3/c1-10-6-16(8-13(19-10)14(15)18)7-11-2-4-12(9-17)5-3-11/h2-5,10,13,17H,6-9H2,1H3,(H2,15,18)/t10-,13?/m1/s1. The fraction of sp³-hybridized carbons (Fsp3) is 0.500. The van der Waals surface area contributed by atoms with Gasteiger partial charge in [0.2, 0.25) is 5.91 Å².